The molecule has 2 rings (SSSR count). The Labute approximate surface area is 107 Å². The molecular formula is C14H17ClN2. The minimum absolute atomic E-state index is 0.703. The van der Waals surface area contributed by atoms with Gasteiger partial charge in [0.1, 0.15) is 0 Å². The first-order chi connectivity index (χ1) is 8.20. The molecule has 0 aliphatic rings. The quantitative estimate of drug-likeness (QED) is 0.755. The SMILES string of the molecule is Cc1ccc(-n2cc(CCCCl)cn2)c(C)c1. The summed E-state index contributed by atoms with van der Waals surface area (Å²) in [5, 5.41) is 4.40. The summed E-state index contributed by atoms with van der Waals surface area (Å²) in [6, 6.07) is 6.40. The van der Waals surface area contributed by atoms with E-state index >= 15 is 0 Å². The second-order valence-electron chi connectivity index (χ2n) is 4.38. The van der Waals surface area contributed by atoms with Crippen molar-refractivity contribution in [1.29, 1.82) is 0 Å². The van der Waals surface area contributed by atoms with Gasteiger partial charge in [0.25, 0.3) is 0 Å². The Bertz CT molecular complexity index is 503. The number of benzene rings is 1. The highest BCUT2D eigenvalue weighted by Gasteiger charge is 2.03. The van der Waals surface area contributed by atoms with Crippen molar-refractivity contribution >= 4 is 11.6 Å². The molecule has 0 amide bonds. The Morgan fingerprint density at radius 3 is 2.82 bits per heavy atom. The molecule has 1 aromatic heterocycles. The summed E-state index contributed by atoms with van der Waals surface area (Å²) >= 11 is 5.69. The number of rotatable bonds is 4. The zero-order valence-electron chi connectivity index (χ0n) is 10.3. The Kier molecular flexibility index (Phi) is 3.85. The highest BCUT2D eigenvalue weighted by atomic mass is 35.5. The molecule has 3 heteroatoms. The Morgan fingerprint density at radius 2 is 2.12 bits per heavy atom. The lowest BCUT2D eigenvalue weighted by molar-refractivity contribution is 0.869. The van der Waals surface area contributed by atoms with Gasteiger partial charge in [-0.25, -0.2) is 4.68 Å². The Balaban J connectivity index is 2.24. The van der Waals surface area contributed by atoms with E-state index in [-0.39, 0.29) is 0 Å². The average Bonchev–Trinajstić information content (AvgIpc) is 2.75. The van der Waals surface area contributed by atoms with Crippen LogP contribution in [-0.4, -0.2) is 15.7 Å². The van der Waals surface area contributed by atoms with E-state index in [9.17, 15) is 0 Å². The van der Waals surface area contributed by atoms with E-state index < -0.39 is 0 Å². The molecule has 0 aliphatic heterocycles. The summed E-state index contributed by atoms with van der Waals surface area (Å²) in [6.45, 7) is 4.22. The van der Waals surface area contributed by atoms with Crippen LogP contribution in [0, 0.1) is 13.8 Å². The summed E-state index contributed by atoms with van der Waals surface area (Å²) < 4.78 is 1.94. The summed E-state index contributed by atoms with van der Waals surface area (Å²) in [6.07, 6.45) is 6.00. The molecule has 0 N–H and O–H groups in total. The second-order valence-corrected chi connectivity index (χ2v) is 4.75. The van der Waals surface area contributed by atoms with Crippen LogP contribution in [0.3, 0.4) is 0 Å². The van der Waals surface area contributed by atoms with Crippen molar-refractivity contribution in [1.82, 2.24) is 9.78 Å². The number of aromatic nitrogens is 2. The maximum Gasteiger partial charge on any atom is 0.0674 e. The van der Waals surface area contributed by atoms with Crippen LogP contribution in [-0.2, 0) is 6.42 Å². The van der Waals surface area contributed by atoms with Gasteiger partial charge in [0.05, 0.1) is 11.9 Å². The lowest BCUT2D eigenvalue weighted by atomic mass is 10.1. The Morgan fingerprint density at radius 1 is 1.29 bits per heavy atom. The molecule has 17 heavy (non-hydrogen) atoms. The number of hydrogen-bond donors (Lipinski definition) is 0. The van der Waals surface area contributed by atoms with Crippen molar-refractivity contribution < 1.29 is 0 Å². The summed E-state index contributed by atoms with van der Waals surface area (Å²) in [7, 11) is 0. The molecule has 2 nitrogen and oxygen atoms in total. The minimum atomic E-state index is 0.703. The predicted molar refractivity (Wildman–Crippen MR) is 72.1 cm³/mol. The lowest BCUT2D eigenvalue weighted by Crippen LogP contribution is -1.97. The standard InChI is InChI=1S/C14H17ClN2/c1-11-5-6-14(12(2)8-11)17-10-13(9-16-17)4-3-7-15/h5-6,8-10H,3-4,7H2,1-2H3. The highest BCUT2D eigenvalue weighted by molar-refractivity contribution is 6.17. The molecule has 0 unspecified atom stereocenters. The minimum Gasteiger partial charge on any atom is -0.240 e. The maximum absolute atomic E-state index is 5.69. The second kappa shape index (κ2) is 5.37. The van der Waals surface area contributed by atoms with Crippen LogP contribution in [0.2, 0.25) is 0 Å². The smallest absolute Gasteiger partial charge is 0.0674 e. The fourth-order valence-electron chi connectivity index (χ4n) is 1.95. The molecule has 0 saturated heterocycles. The normalized spacial score (nSPS) is 10.8. The van der Waals surface area contributed by atoms with Crippen molar-refractivity contribution in [3.8, 4) is 5.69 Å². The van der Waals surface area contributed by atoms with Gasteiger partial charge in [-0.2, -0.15) is 5.10 Å². The van der Waals surface area contributed by atoms with Gasteiger partial charge in [0.2, 0.25) is 0 Å². The van der Waals surface area contributed by atoms with E-state index in [1.165, 1.54) is 16.7 Å². The van der Waals surface area contributed by atoms with Crippen molar-refractivity contribution in [2.75, 3.05) is 5.88 Å². The van der Waals surface area contributed by atoms with E-state index in [1.807, 2.05) is 10.9 Å². The van der Waals surface area contributed by atoms with E-state index in [4.69, 9.17) is 11.6 Å². The first-order valence-corrected chi connectivity index (χ1v) is 6.41. The summed E-state index contributed by atoms with van der Waals surface area (Å²) in [4.78, 5) is 0. The van der Waals surface area contributed by atoms with Gasteiger partial charge in [0.15, 0.2) is 0 Å². The molecule has 0 radical (unpaired) electrons. The van der Waals surface area contributed by atoms with Crippen LogP contribution >= 0.6 is 11.6 Å². The topological polar surface area (TPSA) is 17.8 Å². The number of alkyl halides is 1. The molecule has 0 atom stereocenters. The predicted octanol–water partition coefficient (Wildman–Crippen LogP) is 3.66. The van der Waals surface area contributed by atoms with E-state index in [2.05, 4.69) is 43.3 Å². The molecule has 1 heterocycles. The number of hydrogen-bond acceptors (Lipinski definition) is 1. The molecule has 2 aromatic rings. The van der Waals surface area contributed by atoms with E-state index in [0.29, 0.717) is 5.88 Å². The van der Waals surface area contributed by atoms with Crippen LogP contribution in [0.25, 0.3) is 5.69 Å². The summed E-state index contributed by atoms with van der Waals surface area (Å²) in [5.41, 5.74) is 4.91. The van der Waals surface area contributed by atoms with Gasteiger partial charge in [0, 0.05) is 12.1 Å². The Hall–Kier alpha value is -1.28. The molecular weight excluding hydrogens is 232 g/mol. The van der Waals surface area contributed by atoms with Crippen molar-refractivity contribution in [3.63, 3.8) is 0 Å². The third kappa shape index (κ3) is 2.89. The van der Waals surface area contributed by atoms with Gasteiger partial charge < -0.3 is 0 Å². The van der Waals surface area contributed by atoms with Crippen molar-refractivity contribution in [2.45, 2.75) is 26.7 Å². The van der Waals surface area contributed by atoms with Crippen LogP contribution in [0.5, 0.6) is 0 Å². The zero-order valence-corrected chi connectivity index (χ0v) is 11.0. The fourth-order valence-corrected chi connectivity index (χ4v) is 2.09. The molecule has 0 saturated carbocycles. The third-order valence-corrected chi connectivity index (χ3v) is 3.10. The average molecular weight is 249 g/mol. The van der Waals surface area contributed by atoms with Gasteiger partial charge in [-0.15, -0.1) is 11.6 Å². The largest absolute Gasteiger partial charge is 0.240 e. The van der Waals surface area contributed by atoms with Crippen molar-refractivity contribution in [2.24, 2.45) is 0 Å². The van der Waals surface area contributed by atoms with E-state index in [1.54, 1.807) is 0 Å². The van der Waals surface area contributed by atoms with E-state index in [0.717, 1.165) is 18.5 Å². The lowest BCUT2D eigenvalue weighted by Gasteiger charge is -2.06. The molecule has 0 bridgehead atoms. The number of aryl methyl sites for hydroxylation is 3. The maximum atomic E-state index is 5.69. The van der Waals surface area contributed by atoms with Crippen LogP contribution in [0.15, 0.2) is 30.6 Å². The molecule has 90 valence electrons. The highest BCUT2D eigenvalue weighted by Crippen LogP contribution is 2.16. The monoisotopic (exact) mass is 248 g/mol. The summed E-state index contributed by atoms with van der Waals surface area (Å²) in [5.74, 6) is 0.703. The number of halogens is 1. The molecule has 1 aromatic carbocycles. The molecule has 0 aliphatic carbocycles. The van der Waals surface area contributed by atoms with Gasteiger partial charge in [-0.05, 0) is 43.9 Å². The van der Waals surface area contributed by atoms with Gasteiger partial charge in [-0.1, -0.05) is 17.7 Å². The van der Waals surface area contributed by atoms with Crippen LogP contribution in [0.1, 0.15) is 23.1 Å². The van der Waals surface area contributed by atoms with Crippen molar-refractivity contribution in [3.05, 3.63) is 47.3 Å². The molecule has 0 spiro atoms. The third-order valence-electron chi connectivity index (χ3n) is 2.83. The van der Waals surface area contributed by atoms with Crippen LogP contribution < -0.4 is 0 Å². The fraction of sp³-hybridized carbons (Fsp3) is 0.357. The first-order valence-electron chi connectivity index (χ1n) is 5.88. The first kappa shape index (κ1) is 12.2. The van der Waals surface area contributed by atoms with Gasteiger partial charge >= 0.3 is 0 Å². The van der Waals surface area contributed by atoms with Gasteiger partial charge in [-0.3, -0.25) is 0 Å². The zero-order chi connectivity index (χ0) is 12.3. The molecule has 0 fully saturated rings. The van der Waals surface area contributed by atoms with Crippen LogP contribution in [0.4, 0.5) is 0 Å². The number of nitrogens with zero attached hydrogens (tertiary/aromatic N) is 2.